The maximum Gasteiger partial charge on any atom is 0.472 e. The molecule has 0 rings (SSSR count). The van der Waals surface area contributed by atoms with Crippen LogP contribution in [0, 0.1) is 39.9 Å². The molecule has 0 saturated carbocycles. The average molecular weight is 442 g/mol. The molecule has 1 N–H and O–H groups in total. The van der Waals surface area contributed by atoms with Gasteiger partial charge in [-0.15, -0.1) is 0 Å². The fourth-order valence-corrected chi connectivity index (χ4v) is 1.48. The van der Waals surface area contributed by atoms with Crippen LogP contribution in [0.2, 0.25) is 0 Å². The second-order valence-corrected chi connectivity index (χ2v) is 4.30. The van der Waals surface area contributed by atoms with Crippen molar-refractivity contribution in [2.24, 2.45) is 0 Å². The number of hydrogen-bond acceptors (Lipinski definition) is 3. The van der Waals surface area contributed by atoms with Gasteiger partial charge in [0.15, 0.2) is 0 Å². The van der Waals surface area contributed by atoms with Crippen LogP contribution in [-0.2, 0) is 13.6 Å². The van der Waals surface area contributed by atoms with E-state index < -0.39 is 7.82 Å². The molecule has 0 aliphatic heterocycles. The van der Waals surface area contributed by atoms with Gasteiger partial charge in [-0.2, -0.15) is 0 Å². The summed E-state index contributed by atoms with van der Waals surface area (Å²) in [6, 6.07) is 0. The molecule has 6 heteroatoms. The molecule has 0 atom stereocenters. The number of phosphoric acid groups is 1. The first-order valence-corrected chi connectivity index (χ1v) is 6.23. The molecule has 14 heavy (non-hydrogen) atoms. The van der Waals surface area contributed by atoms with Crippen LogP contribution in [0.25, 0.3) is 0 Å². The average Bonchev–Trinajstić information content (AvgIpc) is 2.05. The number of rotatable bonds is 8. The Morgan fingerprint density at radius 1 is 1.07 bits per heavy atom. The summed E-state index contributed by atoms with van der Waals surface area (Å²) < 4.78 is 20.5. The van der Waals surface area contributed by atoms with Crippen molar-refractivity contribution in [3.63, 3.8) is 0 Å². The van der Waals surface area contributed by atoms with E-state index in [-0.39, 0.29) is 53.2 Å². The number of hydrogen-bond donors (Lipinski definition) is 1. The summed E-state index contributed by atoms with van der Waals surface area (Å²) in [4.78, 5) is 9.08. The maximum absolute atomic E-state index is 11.1. The van der Waals surface area contributed by atoms with Crippen molar-refractivity contribution in [1.29, 1.82) is 0 Å². The quantitative estimate of drug-likeness (QED) is 0.464. The third kappa shape index (κ3) is 11.5. The van der Waals surface area contributed by atoms with Gasteiger partial charge >= 0.3 is 7.82 Å². The minimum atomic E-state index is -3.75. The molecular weight excluding hydrogens is 423 g/mol. The Morgan fingerprint density at radius 2 is 1.43 bits per heavy atom. The molecule has 0 fully saturated rings. The van der Waals surface area contributed by atoms with E-state index >= 15 is 0 Å². The summed E-state index contributed by atoms with van der Waals surface area (Å²) >= 11 is 0. The van der Waals surface area contributed by atoms with Gasteiger partial charge in [-0.3, -0.25) is 9.05 Å². The molecule has 4 nitrogen and oxygen atoms in total. The van der Waals surface area contributed by atoms with Gasteiger partial charge in [0.05, 0.1) is 13.2 Å². The number of unbranched alkanes of at least 4 members (excludes halogenated alkanes) is 2. The van der Waals surface area contributed by atoms with Crippen LogP contribution in [0.4, 0.5) is 0 Å². The predicted molar refractivity (Wildman–Crippen MR) is 51.5 cm³/mol. The second-order valence-electron chi connectivity index (χ2n) is 2.84. The molecule has 84 valence electrons. The molecule has 0 aliphatic carbocycles. The van der Waals surface area contributed by atoms with Crippen LogP contribution in [-0.4, -0.2) is 18.1 Å². The van der Waals surface area contributed by atoms with Crippen molar-refractivity contribution < 1.29 is 58.4 Å². The van der Waals surface area contributed by atoms with Crippen molar-refractivity contribution in [2.75, 3.05) is 13.2 Å². The normalized spacial score (nSPS) is 11.1. The molecule has 0 radical (unpaired) electrons. The van der Waals surface area contributed by atoms with E-state index in [1.807, 2.05) is 13.8 Å². The third-order valence-electron chi connectivity index (χ3n) is 1.50. The Kier molecular flexibility index (Phi) is 13.9. The van der Waals surface area contributed by atoms with Gasteiger partial charge in [0, 0.05) is 39.9 Å². The zero-order valence-electron chi connectivity index (χ0n) is 8.86. The fraction of sp³-hybridized carbons (Fsp3) is 1.00. The van der Waals surface area contributed by atoms with Crippen molar-refractivity contribution in [3.8, 4) is 0 Å². The molecule has 0 aromatic heterocycles. The van der Waals surface area contributed by atoms with E-state index in [0.717, 1.165) is 25.7 Å². The first kappa shape index (κ1) is 17.8. The molecule has 0 aromatic carbocycles. The molecule has 0 unspecified atom stereocenters. The van der Waals surface area contributed by atoms with Crippen LogP contribution in [0.5, 0.6) is 0 Å². The zero-order chi connectivity index (χ0) is 10.2. The van der Waals surface area contributed by atoms with E-state index in [2.05, 4.69) is 0 Å². The van der Waals surface area contributed by atoms with Crippen molar-refractivity contribution in [2.45, 2.75) is 39.5 Å². The van der Waals surface area contributed by atoms with Gasteiger partial charge in [0.25, 0.3) is 0 Å². The monoisotopic (exact) mass is 442 g/mol. The molecule has 0 aliphatic rings. The molecular formula is C8H19O4PTh. The van der Waals surface area contributed by atoms with E-state index in [9.17, 15) is 4.57 Å². The molecule has 0 amide bonds. The summed E-state index contributed by atoms with van der Waals surface area (Å²) in [5.41, 5.74) is 0. The van der Waals surface area contributed by atoms with E-state index in [1.54, 1.807) is 0 Å². The summed E-state index contributed by atoms with van der Waals surface area (Å²) in [6.07, 6.45) is 3.44. The van der Waals surface area contributed by atoms with Gasteiger partial charge in [0.1, 0.15) is 0 Å². The molecule has 0 aromatic rings. The van der Waals surface area contributed by atoms with Gasteiger partial charge in [0.2, 0.25) is 0 Å². The number of phosphoric ester groups is 1. The van der Waals surface area contributed by atoms with Gasteiger partial charge in [-0.25, -0.2) is 4.57 Å². The van der Waals surface area contributed by atoms with Crippen molar-refractivity contribution >= 4 is 7.82 Å². The Balaban J connectivity index is 0. The van der Waals surface area contributed by atoms with Crippen LogP contribution in [0.15, 0.2) is 0 Å². The third-order valence-corrected chi connectivity index (χ3v) is 2.52. The van der Waals surface area contributed by atoms with Crippen LogP contribution in [0.1, 0.15) is 39.5 Å². The first-order chi connectivity index (χ1) is 6.12. The zero-order valence-corrected chi connectivity index (χ0v) is 13.9. The van der Waals surface area contributed by atoms with Crippen LogP contribution in [0.3, 0.4) is 0 Å². The standard InChI is InChI=1S/C8H19O4P.Th/c1-3-5-7-11-13(9,10)12-8-6-4-2;/h3-8H2,1-2H3,(H,9,10);. The van der Waals surface area contributed by atoms with E-state index in [1.165, 1.54) is 0 Å². The minimum Gasteiger partial charge on any atom is -0.302 e. The van der Waals surface area contributed by atoms with Gasteiger partial charge < -0.3 is 4.89 Å². The van der Waals surface area contributed by atoms with Gasteiger partial charge in [-0.1, -0.05) is 26.7 Å². The van der Waals surface area contributed by atoms with E-state index in [4.69, 9.17) is 13.9 Å². The summed E-state index contributed by atoms with van der Waals surface area (Å²) in [5.74, 6) is 0. The fourth-order valence-electron chi connectivity index (χ4n) is 0.686. The molecule has 0 saturated heterocycles. The molecule has 0 heterocycles. The van der Waals surface area contributed by atoms with Crippen molar-refractivity contribution in [3.05, 3.63) is 0 Å². The largest absolute Gasteiger partial charge is 0.472 e. The smallest absolute Gasteiger partial charge is 0.302 e. The topological polar surface area (TPSA) is 55.8 Å². The van der Waals surface area contributed by atoms with Crippen LogP contribution >= 0.6 is 7.82 Å². The van der Waals surface area contributed by atoms with E-state index in [0.29, 0.717) is 0 Å². The molecule has 0 bridgehead atoms. The Bertz CT molecular complexity index is 151. The predicted octanol–water partition coefficient (Wildman–Crippen LogP) is 2.72. The molecule has 0 spiro atoms. The Hall–Kier alpha value is 1.43. The van der Waals surface area contributed by atoms with Gasteiger partial charge in [-0.05, 0) is 12.8 Å². The maximum atomic E-state index is 11.1. The summed E-state index contributed by atoms with van der Waals surface area (Å²) in [5, 5.41) is 0. The first-order valence-electron chi connectivity index (χ1n) is 4.74. The SMILES string of the molecule is CCCCOP(=O)(O)OCCCC.[Th]. The Labute approximate surface area is 118 Å². The van der Waals surface area contributed by atoms with Crippen molar-refractivity contribution in [1.82, 2.24) is 0 Å². The second kappa shape index (κ2) is 10.9. The van der Waals surface area contributed by atoms with Crippen LogP contribution < -0.4 is 0 Å². The minimum absolute atomic E-state index is 0. The summed E-state index contributed by atoms with van der Waals surface area (Å²) in [6.45, 7) is 4.56. The summed E-state index contributed by atoms with van der Waals surface area (Å²) in [7, 11) is -3.75. The Morgan fingerprint density at radius 3 is 1.71 bits per heavy atom.